The van der Waals surface area contributed by atoms with Crippen molar-refractivity contribution in [2.75, 3.05) is 18.5 Å². The van der Waals surface area contributed by atoms with Gasteiger partial charge < -0.3 is 15.4 Å². The third-order valence-electron chi connectivity index (χ3n) is 3.38. The molecule has 2 heterocycles. The van der Waals surface area contributed by atoms with E-state index >= 15 is 0 Å². The highest BCUT2D eigenvalue weighted by atomic mass is 16.5. The first-order valence-electron chi connectivity index (χ1n) is 7.00. The number of carbonyl (C=O) groups excluding carboxylic acids is 1. The van der Waals surface area contributed by atoms with Crippen LogP contribution in [0.15, 0.2) is 42.6 Å². The number of fused-ring (bicyclic) bond motifs is 1. The molecule has 1 aromatic carbocycles. The number of anilines is 1. The molecule has 5 nitrogen and oxygen atoms in total. The lowest BCUT2D eigenvalue weighted by Gasteiger charge is -2.11. The van der Waals surface area contributed by atoms with Crippen molar-refractivity contribution in [3.63, 3.8) is 0 Å². The van der Waals surface area contributed by atoms with E-state index in [2.05, 4.69) is 15.6 Å². The molecule has 21 heavy (non-hydrogen) atoms. The van der Waals surface area contributed by atoms with Crippen molar-refractivity contribution in [2.45, 2.75) is 13.0 Å². The Morgan fingerprint density at radius 1 is 1.33 bits per heavy atom. The van der Waals surface area contributed by atoms with Gasteiger partial charge in [-0.3, -0.25) is 4.79 Å². The van der Waals surface area contributed by atoms with Crippen molar-refractivity contribution < 1.29 is 9.53 Å². The molecular weight excluding hydrogens is 266 g/mol. The molecule has 0 saturated carbocycles. The average Bonchev–Trinajstić information content (AvgIpc) is 2.92. The number of carbonyl (C=O) groups is 1. The molecule has 1 unspecified atom stereocenters. The highest BCUT2D eigenvalue weighted by Crippen LogP contribution is 2.31. The number of amides is 1. The second-order valence-electron chi connectivity index (χ2n) is 4.84. The number of nitrogens with zero attached hydrogens (tertiary/aromatic N) is 1. The zero-order valence-electron chi connectivity index (χ0n) is 11.8. The summed E-state index contributed by atoms with van der Waals surface area (Å²) in [6.45, 7) is 3.29. The third kappa shape index (κ3) is 2.81. The summed E-state index contributed by atoms with van der Waals surface area (Å²) < 4.78 is 5.55. The summed E-state index contributed by atoms with van der Waals surface area (Å²) in [6, 6.07) is 11.2. The smallest absolute Gasteiger partial charge is 0.270 e. The first-order chi connectivity index (χ1) is 10.3. The van der Waals surface area contributed by atoms with Crippen LogP contribution in [-0.4, -0.2) is 24.0 Å². The Labute approximate surface area is 123 Å². The van der Waals surface area contributed by atoms with E-state index in [9.17, 15) is 4.79 Å². The van der Waals surface area contributed by atoms with Crippen molar-refractivity contribution >= 4 is 11.6 Å². The van der Waals surface area contributed by atoms with Gasteiger partial charge in [-0.05, 0) is 25.1 Å². The number of nitrogens with one attached hydrogen (secondary N) is 2. The van der Waals surface area contributed by atoms with Crippen molar-refractivity contribution in [2.24, 2.45) is 0 Å². The van der Waals surface area contributed by atoms with Gasteiger partial charge in [0, 0.05) is 12.1 Å². The molecule has 0 bridgehead atoms. The molecule has 1 aliphatic rings. The second-order valence-corrected chi connectivity index (χ2v) is 4.84. The number of ether oxygens (including phenoxy) is 1. The van der Waals surface area contributed by atoms with Crippen LogP contribution in [-0.2, 0) is 0 Å². The summed E-state index contributed by atoms with van der Waals surface area (Å²) in [7, 11) is 0. The number of rotatable bonds is 4. The fourth-order valence-electron chi connectivity index (χ4n) is 2.35. The quantitative estimate of drug-likeness (QED) is 0.904. The van der Waals surface area contributed by atoms with Crippen molar-refractivity contribution in [1.29, 1.82) is 0 Å². The minimum absolute atomic E-state index is 0.121. The lowest BCUT2D eigenvalue weighted by Crippen LogP contribution is -2.30. The SMILES string of the molecule is CCNc1ccc(C(=O)NC2COc3ccccc32)nc1. The van der Waals surface area contributed by atoms with Crippen LogP contribution in [0.4, 0.5) is 5.69 Å². The van der Waals surface area contributed by atoms with Crippen LogP contribution in [0.25, 0.3) is 0 Å². The molecule has 1 aliphatic heterocycles. The van der Waals surface area contributed by atoms with Gasteiger partial charge in [0.2, 0.25) is 0 Å². The molecule has 2 N–H and O–H groups in total. The minimum atomic E-state index is -0.191. The van der Waals surface area contributed by atoms with Crippen LogP contribution in [0.2, 0.25) is 0 Å². The average molecular weight is 283 g/mol. The zero-order chi connectivity index (χ0) is 14.7. The monoisotopic (exact) mass is 283 g/mol. The number of aromatic nitrogens is 1. The van der Waals surface area contributed by atoms with Gasteiger partial charge in [0.05, 0.1) is 17.9 Å². The lowest BCUT2D eigenvalue weighted by atomic mass is 10.1. The number of hydrogen-bond donors (Lipinski definition) is 2. The Kier molecular flexibility index (Phi) is 3.73. The predicted octanol–water partition coefficient (Wildman–Crippen LogP) is 2.38. The van der Waals surface area contributed by atoms with Crippen molar-refractivity contribution in [3.05, 3.63) is 53.9 Å². The molecule has 108 valence electrons. The van der Waals surface area contributed by atoms with Gasteiger partial charge in [0.1, 0.15) is 18.1 Å². The van der Waals surface area contributed by atoms with E-state index in [0.29, 0.717) is 12.3 Å². The van der Waals surface area contributed by atoms with E-state index in [-0.39, 0.29) is 11.9 Å². The summed E-state index contributed by atoms with van der Waals surface area (Å²) in [5, 5.41) is 6.10. The van der Waals surface area contributed by atoms with Crippen LogP contribution < -0.4 is 15.4 Å². The molecule has 1 amide bonds. The molecule has 0 saturated heterocycles. The first-order valence-corrected chi connectivity index (χ1v) is 7.00. The van der Waals surface area contributed by atoms with Gasteiger partial charge in [-0.1, -0.05) is 18.2 Å². The maximum Gasteiger partial charge on any atom is 0.270 e. The van der Waals surface area contributed by atoms with E-state index in [4.69, 9.17) is 4.74 Å². The van der Waals surface area contributed by atoms with Crippen LogP contribution in [0.1, 0.15) is 29.0 Å². The minimum Gasteiger partial charge on any atom is -0.491 e. The zero-order valence-corrected chi connectivity index (χ0v) is 11.8. The summed E-state index contributed by atoms with van der Waals surface area (Å²) in [5.41, 5.74) is 2.32. The summed E-state index contributed by atoms with van der Waals surface area (Å²) in [5.74, 6) is 0.640. The van der Waals surface area contributed by atoms with Crippen LogP contribution in [0.3, 0.4) is 0 Å². The first kappa shape index (κ1) is 13.4. The largest absolute Gasteiger partial charge is 0.491 e. The van der Waals surface area contributed by atoms with Gasteiger partial charge in [-0.15, -0.1) is 0 Å². The highest BCUT2D eigenvalue weighted by molar-refractivity contribution is 5.92. The maximum atomic E-state index is 12.2. The molecule has 1 aromatic heterocycles. The van der Waals surface area contributed by atoms with Gasteiger partial charge >= 0.3 is 0 Å². The number of hydrogen-bond acceptors (Lipinski definition) is 4. The van der Waals surface area contributed by atoms with Gasteiger partial charge in [0.15, 0.2) is 0 Å². The second kappa shape index (κ2) is 5.83. The Morgan fingerprint density at radius 3 is 2.95 bits per heavy atom. The van der Waals surface area contributed by atoms with E-state index in [0.717, 1.165) is 23.5 Å². The number of benzene rings is 1. The van der Waals surface area contributed by atoms with E-state index in [1.807, 2.05) is 37.3 Å². The van der Waals surface area contributed by atoms with Crippen molar-refractivity contribution in [3.8, 4) is 5.75 Å². The number of pyridine rings is 1. The molecule has 1 atom stereocenters. The summed E-state index contributed by atoms with van der Waals surface area (Å²) in [6.07, 6.45) is 1.66. The van der Waals surface area contributed by atoms with Crippen LogP contribution in [0, 0.1) is 0 Å². The third-order valence-corrected chi connectivity index (χ3v) is 3.38. The van der Waals surface area contributed by atoms with Gasteiger partial charge in [0.25, 0.3) is 5.91 Å². The predicted molar refractivity (Wildman–Crippen MR) is 80.5 cm³/mol. The van der Waals surface area contributed by atoms with E-state index in [1.54, 1.807) is 12.3 Å². The molecule has 5 heteroatoms. The fraction of sp³-hybridized carbons (Fsp3) is 0.250. The molecule has 2 aromatic rings. The topological polar surface area (TPSA) is 63.2 Å². The molecule has 3 rings (SSSR count). The molecule has 0 fully saturated rings. The Bertz CT molecular complexity index is 640. The van der Waals surface area contributed by atoms with Gasteiger partial charge in [-0.2, -0.15) is 0 Å². The van der Waals surface area contributed by atoms with Gasteiger partial charge in [-0.25, -0.2) is 4.98 Å². The normalized spacial score (nSPS) is 16.0. The molecular formula is C16H17N3O2. The molecule has 0 aliphatic carbocycles. The lowest BCUT2D eigenvalue weighted by molar-refractivity contribution is 0.0925. The Balaban J connectivity index is 1.69. The van der Waals surface area contributed by atoms with Crippen LogP contribution >= 0.6 is 0 Å². The molecule has 0 spiro atoms. The fourth-order valence-corrected chi connectivity index (χ4v) is 2.35. The Morgan fingerprint density at radius 2 is 2.19 bits per heavy atom. The van der Waals surface area contributed by atoms with E-state index in [1.165, 1.54) is 0 Å². The molecule has 0 radical (unpaired) electrons. The standard InChI is InChI=1S/C16H17N3O2/c1-2-17-11-7-8-13(18-9-11)16(20)19-14-10-21-15-6-4-3-5-12(14)15/h3-9,14,17H,2,10H2,1H3,(H,19,20). The van der Waals surface area contributed by atoms with Crippen LogP contribution in [0.5, 0.6) is 5.75 Å². The van der Waals surface area contributed by atoms with Crippen molar-refractivity contribution in [1.82, 2.24) is 10.3 Å². The summed E-state index contributed by atoms with van der Waals surface area (Å²) in [4.78, 5) is 16.4. The maximum absolute atomic E-state index is 12.2. The summed E-state index contributed by atoms with van der Waals surface area (Å²) >= 11 is 0. The number of para-hydroxylation sites is 1. The van der Waals surface area contributed by atoms with E-state index < -0.39 is 0 Å². The Hall–Kier alpha value is -2.56. The highest BCUT2D eigenvalue weighted by Gasteiger charge is 2.25.